The average Bonchev–Trinajstić information content (AvgIpc) is 3.12. The van der Waals surface area contributed by atoms with Crippen LogP contribution in [-0.4, -0.2) is 10.8 Å². The van der Waals surface area contributed by atoms with Crippen molar-refractivity contribution < 1.29 is 4.42 Å². The van der Waals surface area contributed by atoms with Crippen LogP contribution in [-0.2, 0) is 0 Å². The second kappa shape index (κ2) is 7.40. The molecule has 0 radical (unpaired) electrons. The van der Waals surface area contributed by atoms with E-state index in [-0.39, 0.29) is 0 Å². The first-order valence-electron chi connectivity index (χ1n) is 8.10. The largest absolute Gasteiger partial charge is 0.422 e. The maximum atomic E-state index is 5.62. The fourth-order valence-electron chi connectivity index (χ4n) is 2.35. The number of amidine groups is 1. The third-order valence-corrected chi connectivity index (χ3v) is 3.60. The van der Waals surface area contributed by atoms with Gasteiger partial charge in [0.2, 0.25) is 5.84 Å². The summed E-state index contributed by atoms with van der Waals surface area (Å²) in [5, 5.41) is 12.8. The molecule has 0 fully saturated rings. The van der Waals surface area contributed by atoms with E-state index >= 15 is 0 Å². The summed E-state index contributed by atoms with van der Waals surface area (Å²) in [7, 11) is 0. The molecule has 0 bridgehead atoms. The normalized spacial score (nSPS) is 11.9. The van der Waals surface area contributed by atoms with Crippen LogP contribution in [0.25, 0.3) is 11.1 Å². The number of oxazole rings is 1. The van der Waals surface area contributed by atoms with Crippen LogP contribution >= 0.6 is 0 Å². The molecular formula is C20H15N5O. The molecule has 1 aromatic heterocycles. The van der Waals surface area contributed by atoms with Gasteiger partial charge in [-0.1, -0.05) is 60.7 Å². The molecule has 26 heavy (non-hydrogen) atoms. The number of nitrogens with one attached hydrogen (secondary N) is 1. The fourth-order valence-corrected chi connectivity index (χ4v) is 2.35. The Balaban J connectivity index is 1.63. The second-order valence-electron chi connectivity index (χ2n) is 5.44. The van der Waals surface area contributed by atoms with E-state index in [1.54, 1.807) is 0 Å². The summed E-state index contributed by atoms with van der Waals surface area (Å²) in [4.78, 5) is 4.34. The first kappa shape index (κ1) is 15.7. The number of aromatic nitrogens is 1. The Morgan fingerprint density at radius 1 is 0.808 bits per heavy atom. The Bertz CT molecular complexity index is 1020. The number of para-hydroxylation sites is 2. The van der Waals surface area contributed by atoms with Crippen LogP contribution in [0.5, 0.6) is 0 Å². The molecule has 0 aliphatic rings. The highest BCUT2D eigenvalue weighted by atomic mass is 16.4. The number of nitrogens with zero attached hydrogens (tertiary/aromatic N) is 4. The van der Waals surface area contributed by atoms with Crippen LogP contribution in [0.1, 0.15) is 5.56 Å². The molecule has 0 spiro atoms. The summed E-state index contributed by atoms with van der Waals surface area (Å²) in [6.07, 6.45) is 0. The highest BCUT2D eigenvalue weighted by molar-refractivity contribution is 5.99. The molecule has 126 valence electrons. The topological polar surface area (TPSA) is 75.1 Å². The van der Waals surface area contributed by atoms with E-state index in [0.29, 0.717) is 17.4 Å². The lowest BCUT2D eigenvalue weighted by Gasteiger charge is -2.00. The van der Waals surface area contributed by atoms with Gasteiger partial charge >= 0.3 is 6.01 Å². The quantitative estimate of drug-likeness (QED) is 0.234. The van der Waals surface area contributed by atoms with Gasteiger partial charge in [-0.3, -0.25) is 0 Å². The van der Waals surface area contributed by atoms with Crippen molar-refractivity contribution >= 4 is 28.6 Å². The Hall–Kier alpha value is -3.80. The van der Waals surface area contributed by atoms with Crippen LogP contribution < -0.4 is 5.43 Å². The number of fused-ring (bicyclic) bond motifs is 1. The molecule has 1 heterocycles. The molecule has 6 heteroatoms. The number of hydrazone groups is 1. The monoisotopic (exact) mass is 341 g/mol. The van der Waals surface area contributed by atoms with Crippen LogP contribution in [0.15, 0.2) is 105 Å². The van der Waals surface area contributed by atoms with E-state index in [9.17, 15) is 0 Å². The zero-order valence-corrected chi connectivity index (χ0v) is 13.8. The molecule has 4 rings (SSSR count). The number of hydrogen-bond donors (Lipinski definition) is 1. The molecule has 0 saturated carbocycles. The minimum absolute atomic E-state index is 0.301. The smallest absolute Gasteiger partial charge is 0.316 e. The first-order valence-corrected chi connectivity index (χ1v) is 8.10. The predicted octanol–water partition coefficient (Wildman–Crippen LogP) is 5.39. The van der Waals surface area contributed by atoms with Crippen molar-refractivity contribution in [3.05, 3.63) is 90.5 Å². The predicted molar refractivity (Wildman–Crippen MR) is 102 cm³/mol. The molecular weight excluding hydrogens is 326 g/mol. The van der Waals surface area contributed by atoms with Gasteiger partial charge in [-0.25, -0.2) is 5.43 Å². The van der Waals surface area contributed by atoms with Gasteiger partial charge in [-0.15, -0.1) is 15.3 Å². The molecule has 0 unspecified atom stereocenters. The summed E-state index contributed by atoms with van der Waals surface area (Å²) in [5.41, 5.74) is 5.86. The third-order valence-electron chi connectivity index (χ3n) is 3.60. The average molecular weight is 341 g/mol. The van der Waals surface area contributed by atoms with Gasteiger partial charge in [-0.2, -0.15) is 4.98 Å². The Labute approximate surface area is 149 Å². The molecule has 1 N–H and O–H groups in total. The van der Waals surface area contributed by atoms with Crippen molar-refractivity contribution in [2.45, 2.75) is 0 Å². The van der Waals surface area contributed by atoms with Crippen LogP contribution in [0.3, 0.4) is 0 Å². The standard InChI is InChI=1S/C20H15N5O/c1-3-9-15(10-4-1)19(23-22-16-11-5-2-6-12-16)24-25-20-21-17-13-7-8-14-18(17)26-20/h1-14H,(H,21,25). The van der Waals surface area contributed by atoms with Crippen molar-refractivity contribution in [3.63, 3.8) is 0 Å². The minimum atomic E-state index is 0.301. The zero-order valence-electron chi connectivity index (χ0n) is 13.8. The van der Waals surface area contributed by atoms with E-state index in [4.69, 9.17) is 4.42 Å². The Morgan fingerprint density at radius 3 is 2.27 bits per heavy atom. The summed E-state index contributed by atoms with van der Waals surface area (Å²) in [6, 6.07) is 26.9. The van der Waals surface area contributed by atoms with Crippen molar-refractivity contribution in [2.24, 2.45) is 15.3 Å². The number of azo groups is 1. The van der Waals surface area contributed by atoms with Crippen molar-refractivity contribution in [2.75, 3.05) is 5.43 Å². The number of benzene rings is 3. The summed E-state index contributed by atoms with van der Waals surface area (Å²) in [6.45, 7) is 0. The van der Waals surface area contributed by atoms with Gasteiger partial charge in [0.1, 0.15) is 5.52 Å². The molecule has 0 atom stereocenters. The van der Waals surface area contributed by atoms with Gasteiger partial charge in [0.15, 0.2) is 5.58 Å². The van der Waals surface area contributed by atoms with Gasteiger partial charge in [0.25, 0.3) is 0 Å². The van der Waals surface area contributed by atoms with E-state index in [1.165, 1.54) is 0 Å². The van der Waals surface area contributed by atoms with E-state index in [2.05, 4.69) is 25.7 Å². The maximum absolute atomic E-state index is 5.62. The second-order valence-corrected chi connectivity index (χ2v) is 5.44. The van der Waals surface area contributed by atoms with E-state index in [0.717, 1.165) is 16.8 Å². The molecule has 0 aliphatic carbocycles. The SMILES string of the molecule is c1ccc(N=NC(=NNc2nc3ccccc3o2)c2ccccc2)cc1. The lowest BCUT2D eigenvalue weighted by Crippen LogP contribution is -2.01. The van der Waals surface area contributed by atoms with Crippen LogP contribution in [0, 0.1) is 0 Å². The summed E-state index contributed by atoms with van der Waals surface area (Å²) < 4.78 is 5.62. The number of rotatable bonds is 4. The van der Waals surface area contributed by atoms with Crippen LogP contribution in [0.2, 0.25) is 0 Å². The highest BCUT2D eigenvalue weighted by Crippen LogP contribution is 2.18. The number of anilines is 1. The Morgan fingerprint density at radius 2 is 1.50 bits per heavy atom. The summed E-state index contributed by atoms with van der Waals surface area (Å²) in [5.74, 6) is 0.428. The highest BCUT2D eigenvalue weighted by Gasteiger charge is 2.06. The van der Waals surface area contributed by atoms with E-state index < -0.39 is 0 Å². The van der Waals surface area contributed by atoms with Crippen molar-refractivity contribution in [1.82, 2.24) is 4.98 Å². The van der Waals surface area contributed by atoms with Crippen molar-refractivity contribution in [3.8, 4) is 0 Å². The molecule has 6 nitrogen and oxygen atoms in total. The first-order chi connectivity index (χ1) is 12.9. The van der Waals surface area contributed by atoms with Gasteiger partial charge in [0, 0.05) is 5.56 Å². The van der Waals surface area contributed by atoms with E-state index in [1.807, 2.05) is 84.9 Å². The Kier molecular flexibility index (Phi) is 4.47. The minimum Gasteiger partial charge on any atom is -0.422 e. The van der Waals surface area contributed by atoms with Crippen molar-refractivity contribution in [1.29, 1.82) is 0 Å². The number of hydrogen-bond acceptors (Lipinski definition) is 5. The third kappa shape index (κ3) is 3.64. The summed E-state index contributed by atoms with van der Waals surface area (Å²) >= 11 is 0. The maximum Gasteiger partial charge on any atom is 0.316 e. The molecule has 0 saturated heterocycles. The molecule has 0 amide bonds. The van der Waals surface area contributed by atoms with Gasteiger partial charge < -0.3 is 4.42 Å². The van der Waals surface area contributed by atoms with Crippen LogP contribution in [0.4, 0.5) is 11.7 Å². The zero-order chi connectivity index (χ0) is 17.6. The van der Waals surface area contributed by atoms with Gasteiger partial charge in [-0.05, 0) is 24.3 Å². The molecule has 3 aromatic carbocycles. The van der Waals surface area contributed by atoms with Gasteiger partial charge in [0.05, 0.1) is 5.69 Å². The fraction of sp³-hybridized carbons (Fsp3) is 0. The molecule has 4 aromatic rings. The molecule has 0 aliphatic heterocycles. The lowest BCUT2D eigenvalue weighted by atomic mass is 10.2. The lowest BCUT2D eigenvalue weighted by molar-refractivity contribution is 0.617.